The molecule has 3 rings (SSSR count). The summed E-state index contributed by atoms with van der Waals surface area (Å²) in [5, 5.41) is 3.21. The number of halogens is 3. The van der Waals surface area contributed by atoms with E-state index < -0.39 is 12.1 Å². The van der Waals surface area contributed by atoms with Gasteiger partial charge in [0.1, 0.15) is 0 Å². The maximum atomic E-state index is 13.0. The Morgan fingerprint density at radius 1 is 1.21 bits per heavy atom. The Bertz CT molecular complexity index is 579. The highest BCUT2D eigenvalue weighted by Crippen LogP contribution is 2.46. The Morgan fingerprint density at radius 2 is 1.83 bits per heavy atom. The second-order valence-corrected chi connectivity index (χ2v) is 6.97. The van der Waals surface area contributed by atoms with Crippen molar-refractivity contribution in [3.63, 3.8) is 0 Å². The zero-order valence-electron chi connectivity index (χ0n) is 13.8. The first kappa shape index (κ1) is 17.3. The number of rotatable bonds is 4. The van der Waals surface area contributed by atoms with Gasteiger partial charge >= 0.3 is 12.1 Å². The molecule has 6 heteroatoms. The second kappa shape index (κ2) is 6.75. The normalized spacial score (nSPS) is 24.7. The molecule has 1 saturated heterocycles. The van der Waals surface area contributed by atoms with Gasteiger partial charge in [0.25, 0.3) is 0 Å². The largest absolute Gasteiger partial charge is 0.471 e. The van der Waals surface area contributed by atoms with E-state index in [9.17, 15) is 18.0 Å². The van der Waals surface area contributed by atoms with Crippen molar-refractivity contribution in [1.82, 2.24) is 10.2 Å². The van der Waals surface area contributed by atoms with Crippen LogP contribution in [0.3, 0.4) is 0 Å². The molecule has 1 aromatic rings. The number of aryl methyl sites for hydroxylation is 1. The minimum atomic E-state index is -4.80. The number of alkyl halides is 3. The van der Waals surface area contributed by atoms with Gasteiger partial charge in [-0.25, -0.2) is 0 Å². The molecule has 1 N–H and O–H groups in total. The van der Waals surface area contributed by atoms with E-state index in [0.717, 1.165) is 42.0 Å². The summed E-state index contributed by atoms with van der Waals surface area (Å²) < 4.78 is 39.1. The molecule has 0 aromatic heterocycles. The van der Waals surface area contributed by atoms with E-state index in [-0.39, 0.29) is 24.4 Å². The van der Waals surface area contributed by atoms with Gasteiger partial charge in [-0.15, -0.1) is 0 Å². The van der Waals surface area contributed by atoms with Crippen LogP contribution in [0.5, 0.6) is 0 Å². The first-order valence-corrected chi connectivity index (χ1v) is 8.51. The molecular formula is C18H23F3N2O. The van der Waals surface area contributed by atoms with Crippen molar-refractivity contribution in [2.45, 2.75) is 44.3 Å². The van der Waals surface area contributed by atoms with Crippen LogP contribution in [0.25, 0.3) is 0 Å². The quantitative estimate of drug-likeness (QED) is 0.913. The van der Waals surface area contributed by atoms with Crippen LogP contribution < -0.4 is 5.32 Å². The topological polar surface area (TPSA) is 32.3 Å². The molecule has 1 aliphatic carbocycles. The summed E-state index contributed by atoms with van der Waals surface area (Å²) in [6, 6.07) is 7.53. The predicted molar refractivity (Wildman–Crippen MR) is 85.7 cm³/mol. The summed E-state index contributed by atoms with van der Waals surface area (Å²) in [4.78, 5) is 13.0. The van der Waals surface area contributed by atoms with Crippen LogP contribution >= 0.6 is 0 Å². The third-order valence-electron chi connectivity index (χ3n) is 5.08. The first-order valence-electron chi connectivity index (χ1n) is 8.51. The summed E-state index contributed by atoms with van der Waals surface area (Å²) >= 11 is 0. The monoisotopic (exact) mass is 340 g/mol. The zero-order chi connectivity index (χ0) is 17.3. The number of carbonyl (C=O) groups is 1. The molecule has 1 aromatic carbocycles. The van der Waals surface area contributed by atoms with Gasteiger partial charge < -0.3 is 10.2 Å². The van der Waals surface area contributed by atoms with Gasteiger partial charge in [-0.1, -0.05) is 29.8 Å². The molecule has 24 heavy (non-hydrogen) atoms. The van der Waals surface area contributed by atoms with E-state index in [1.165, 1.54) is 0 Å². The molecule has 1 amide bonds. The van der Waals surface area contributed by atoms with Gasteiger partial charge in [-0.2, -0.15) is 13.2 Å². The Labute approximate surface area is 140 Å². The minimum Gasteiger partial charge on any atom is -0.331 e. The van der Waals surface area contributed by atoms with Crippen LogP contribution in [0.2, 0.25) is 0 Å². The molecule has 0 spiro atoms. The average Bonchev–Trinajstić information content (AvgIpc) is 3.33. The molecule has 3 nitrogen and oxygen atoms in total. The number of nitrogens with zero attached hydrogens (tertiary/aromatic N) is 1. The summed E-state index contributed by atoms with van der Waals surface area (Å²) in [5.74, 6) is -1.50. The lowest BCUT2D eigenvalue weighted by molar-refractivity contribution is -0.186. The van der Waals surface area contributed by atoms with Crippen molar-refractivity contribution in [2.24, 2.45) is 5.92 Å². The Kier molecular flexibility index (Phi) is 4.85. The fraction of sp³-hybridized carbons (Fsp3) is 0.611. The average molecular weight is 340 g/mol. The smallest absolute Gasteiger partial charge is 0.331 e. The Morgan fingerprint density at radius 3 is 2.42 bits per heavy atom. The molecule has 1 aliphatic heterocycles. The Balaban J connectivity index is 1.72. The van der Waals surface area contributed by atoms with E-state index in [2.05, 4.69) is 5.32 Å². The van der Waals surface area contributed by atoms with Gasteiger partial charge in [-0.3, -0.25) is 4.79 Å². The number of amides is 1. The van der Waals surface area contributed by atoms with Crippen molar-refractivity contribution in [1.29, 1.82) is 0 Å². The molecule has 2 atom stereocenters. The maximum absolute atomic E-state index is 13.0. The number of hydrogen-bond donors (Lipinski definition) is 1. The SMILES string of the molecule is Cc1ccc([C@H]2C[C@@H]2N(CC2CCNCC2)C(=O)C(F)(F)F)cc1. The van der Waals surface area contributed by atoms with Crippen molar-refractivity contribution >= 4 is 5.91 Å². The third-order valence-corrected chi connectivity index (χ3v) is 5.08. The summed E-state index contributed by atoms with van der Waals surface area (Å²) in [7, 11) is 0. The van der Waals surface area contributed by atoms with Gasteiger partial charge in [-0.05, 0) is 50.8 Å². The number of hydrogen-bond acceptors (Lipinski definition) is 2. The molecule has 1 heterocycles. The number of benzene rings is 1. The van der Waals surface area contributed by atoms with Crippen molar-refractivity contribution in [2.75, 3.05) is 19.6 Å². The molecule has 2 aliphatic rings. The van der Waals surface area contributed by atoms with Gasteiger partial charge in [0, 0.05) is 18.5 Å². The molecule has 2 fully saturated rings. The number of carbonyl (C=O) groups excluding carboxylic acids is 1. The summed E-state index contributed by atoms with van der Waals surface area (Å²) in [6.07, 6.45) is -2.53. The molecule has 132 valence electrons. The summed E-state index contributed by atoms with van der Waals surface area (Å²) in [5.41, 5.74) is 2.14. The van der Waals surface area contributed by atoms with Crippen LogP contribution in [0.15, 0.2) is 24.3 Å². The van der Waals surface area contributed by atoms with Crippen LogP contribution in [0.4, 0.5) is 13.2 Å². The van der Waals surface area contributed by atoms with Crippen LogP contribution in [0.1, 0.15) is 36.3 Å². The molecular weight excluding hydrogens is 317 g/mol. The van der Waals surface area contributed by atoms with E-state index in [1.54, 1.807) is 0 Å². The van der Waals surface area contributed by atoms with Crippen molar-refractivity contribution < 1.29 is 18.0 Å². The fourth-order valence-corrected chi connectivity index (χ4v) is 3.57. The standard InChI is InChI=1S/C18H23F3N2O/c1-12-2-4-14(5-3-12)15-10-16(15)23(17(24)18(19,20)21)11-13-6-8-22-9-7-13/h2-5,13,15-16,22H,6-11H2,1H3/t15-,16+/m1/s1. The van der Waals surface area contributed by atoms with Gasteiger partial charge in [0.2, 0.25) is 0 Å². The van der Waals surface area contributed by atoms with E-state index in [1.807, 2.05) is 31.2 Å². The molecule has 0 radical (unpaired) electrons. The fourth-order valence-electron chi connectivity index (χ4n) is 3.57. The lowest BCUT2D eigenvalue weighted by atomic mass is 9.97. The van der Waals surface area contributed by atoms with Gasteiger partial charge in [0.15, 0.2) is 0 Å². The zero-order valence-corrected chi connectivity index (χ0v) is 13.8. The molecule has 0 unspecified atom stereocenters. The molecule has 1 saturated carbocycles. The lowest BCUT2D eigenvalue weighted by Crippen LogP contribution is -2.46. The van der Waals surface area contributed by atoms with Crippen LogP contribution in [0, 0.1) is 12.8 Å². The lowest BCUT2D eigenvalue weighted by Gasteiger charge is -2.31. The first-order chi connectivity index (χ1) is 11.4. The predicted octanol–water partition coefficient (Wildman–Crippen LogP) is 3.24. The van der Waals surface area contributed by atoms with Crippen molar-refractivity contribution in [3.8, 4) is 0 Å². The van der Waals surface area contributed by atoms with Gasteiger partial charge in [0.05, 0.1) is 0 Å². The highest BCUT2D eigenvalue weighted by Gasteiger charge is 2.52. The van der Waals surface area contributed by atoms with E-state index >= 15 is 0 Å². The molecule has 0 bridgehead atoms. The highest BCUT2D eigenvalue weighted by molar-refractivity contribution is 5.82. The highest BCUT2D eigenvalue weighted by atomic mass is 19.4. The van der Waals surface area contributed by atoms with Crippen molar-refractivity contribution in [3.05, 3.63) is 35.4 Å². The maximum Gasteiger partial charge on any atom is 0.471 e. The second-order valence-electron chi connectivity index (χ2n) is 6.97. The Hall–Kier alpha value is -1.56. The summed E-state index contributed by atoms with van der Waals surface area (Å²) in [6.45, 7) is 3.81. The van der Waals surface area contributed by atoms with E-state index in [4.69, 9.17) is 0 Å². The number of piperidine rings is 1. The van der Waals surface area contributed by atoms with Crippen LogP contribution in [-0.4, -0.2) is 42.7 Å². The van der Waals surface area contributed by atoms with E-state index in [0.29, 0.717) is 6.42 Å². The minimum absolute atomic E-state index is 0.0265. The number of nitrogens with one attached hydrogen (secondary N) is 1. The third kappa shape index (κ3) is 3.91. The van der Waals surface area contributed by atoms with Crippen LogP contribution in [-0.2, 0) is 4.79 Å².